The van der Waals surface area contributed by atoms with Crippen LogP contribution in [0.5, 0.6) is 5.88 Å². The van der Waals surface area contributed by atoms with E-state index in [1.807, 2.05) is 30.5 Å². The first-order valence-electron chi connectivity index (χ1n) is 7.66. The number of nitrogens with zero attached hydrogens (tertiary/aromatic N) is 2. The topological polar surface area (TPSA) is 89.3 Å². The lowest BCUT2D eigenvalue weighted by molar-refractivity contribution is 0.239. The molecule has 0 aliphatic heterocycles. The Bertz CT molecular complexity index is 859. The highest BCUT2D eigenvalue weighted by molar-refractivity contribution is 7.09. The van der Waals surface area contributed by atoms with E-state index in [1.54, 1.807) is 30.7 Å². The van der Waals surface area contributed by atoms with Gasteiger partial charge in [-0.2, -0.15) is 0 Å². The van der Waals surface area contributed by atoms with Crippen molar-refractivity contribution in [2.24, 2.45) is 0 Å². The zero-order valence-corrected chi connectivity index (χ0v) is 14.7. The molecule has 25 heavy (non-hydrogen) atoms. The second kappa shape index (κ2) is 7.80. The van der Waals surface area contributed by atoms with Crippen LogP contribution < -0.4 is 15.4 Å². The molecule has 130 valence electrons. The average Bonchev–Trinajstić information content (AvgIpc) is 3.27. The van der Waals surface area contributed by atoms with E-state index < -0.39 is 0 Å². The third kappa shape index (κ3) is 4.57. The van der Waals surface area contributed by atoms with E-state index in [1.165, 1.54) is 0 Å². The zero-order chi connectivity index (χ0) is 17.6. The number of carbonyl (C=O) groups is 1. The molecule has 0 aliphatic carbocycles. The Balaban J connectivity index is 1.48. The highest BCUT2D eigenvalue weighted by atomic mass is 32.1. The van der Waals surface area contributed by atoms with Gasteiger partial charge in [0.05, 0.1) is 18.7 Å². The maximum atomic E-state index is 11.9. The number of hydrogen-bond acceptors (Lipinski definition) is 6. The van der Waals surface area contributed by atoms with Gasteiger partial charge in [-0.25, -0.2) is 14.8 Å². The molecular formula is C17H18N4O3S. The number of urea groups is 1. The van der Waals surface area contributed by atoms with Crippen LogP contribution in [0.15, 0.2) is 40.3 Å². The van der Waals surface area contributed by atoms with Gasteiger partial charge in [-0.3, -0.25) is 0 Å². The van der Waals surface area contributed by atoms with Crippen LogP contribution in [0.2, 0.25) is 0 Å². The van der Waals surface area contributed by atoms with Crippen molar-refractivity contribution in [3.63, 3.8) is 0 Å². The van der Waals surface area contributed by atoms with Crippen LogP contribution in [0.25, 0.3) is 11.5 Å². The van der Waals surface area contributed by atoms with E-state index in [9.17, 15) is 4.79 Å². The lowest BCUT2D eigenvalue weighted by Gasteiger charge is -2.07. The second-order valence-corrected chi connectivity index (χ2v) is 6.32. The number of carbonyl (C=O) groups excluding carboxylic acids is 1. The Morgan fingerprint density at radius 3 is 2.88 bits per heavy atom. The summed E-state index contributed by atoms with van der Waals surface area (Å²) in [5, 5.41) is 8.47. The molecule has 0 radical (unpaired) electrons. The summed E-state index contributed by atoms with van der Waals surface area (Å²) in [6.07, 6.45) is 1.64. The number of aryl methyl sites for hydroxylation is 1. The summed E-state index contributed by atoms with van der Waals surface area (Å²) >= 11 is 1.57. The van der Waals surface area contributed by atoms with Crippen LogP contribution in [0, 0.1) is 6.92 Å². The molecule has 0 saturated heterocycles. The Labute approximate surface area is 149 Å². The van der Waals surface area contributed by atoms with Gasteiger partial charge in [0.25, 0.3) is 0 Å². The van der Waals surface area contributed by atoms with Crippen molar-refractivity contribution >= 4 is 17.4 Å². The fraction of sp³-hybridized carbons (Fsp3) is 0.235. The number of pyridine rings is 1. The van der Waals surface area contributed by atoms with Gasteiger partial charge in [-0.15, -0.1) is 11.3 Å². The molecule has 0 spiro atoms. The predicted molar refractivity (Wildman–Crippen MR) is 94.4 cm³/mol. The summed E-state index contributed by atoms with van der Waals surface area (Å²) in [7, 11) is 1.55. The van der Waals surface area contributed by atoms with Crippen molar-refractivity contribution in [1.82, 2.24) is 20.6 Å². The summed E-state index contributed by atoms with van der Waals surface area (Å²) in [6.45, 7) is 2.63. The normalized spacial score (nSPS) is 10.5. The van der Waals surface area contributed by atoms with Gasteiger partial charge in [-0.05, 0) is 30.7 Å². The standard InChI is InChI=1S/C17H18N4O3S/c1-11-21-14(10-25-11)15-4-3-13(24-15)9-20-17(22)19-8-12-5-6-18-16(7-12)23-2/h3-7,10H,8-9H2,1-2H3,(H2,19,20,22). The average molecular weight is 358 g/mol. The fourth-order valence-electron chi connectivity index (χ4n) is 2.17. The van der Waals surface area contributed by atoms with Gasteiger partial charge in [-0.1, -0.05) is 0 Å². The zero-order valence-electron chi connectivity index (χ0n) is 13.9. The first kappa shape index (κ1) is 17.0. The number of aromatic nitrogens is 2. The van der Waals surface area contributed by atoms with E-state index in [2.05, 4.69) is 20.6 Å². The lowest BCUT2D eigenvalue weighted by atomic mass is 10.2. The largest absolute Gasteiger partial charge is 0.481 e. The van der Waals surface area contributed by atoms with Crippen LogP contribution in [0.1, 0.15) is 16.3 Å². The number of nitrogens with one attached hydrogen (secondary N) is 2. The van der Waals surface area contributed by atoms with E-state index in [0.29, 0.717) is 30.5 Å². The lowest BCUT2D eigenvalue weighted by Crippen LogP contribution is -2.34. The molecule has 0 aliphatic rings. The molecule has 0 atom stereocenters. The molecule has 3 aromatic rings. The summed E-state index contributed by atoms with van der Waals surface area (Å²) in [5.74, 6) is 1.88. The molecule has 0 aromatic carbocycles. The van der Waals surface area contributed by atoms with E-state index in [-0.39, 0.29) is 6.03 Å². The molecule has 3 heterocycles. The van der Waals surface area contributed by atoms with Crippen LogP contribution in [0.3, 0.4) is 0 Å². The molecule has 2 amide bonds. The smallest absolute Gasteiger partial charge is 0.315 e. The minimum absolute atomic E-state index is 0.279. The monoisotopic (exact) mass is 358 g/mol. The van der Waals surface area contributed by atoms with Crippen molar-refractivity contribution in [1.29, 1.82) is 0 Å². The van der Waals surface area contributed by atoms with Crippen molar-refractivity contribution in [2.75, 3.05) is 7.11 Å². The summed E-state index contributed by atoms with van der Waals surface area (Å²) in [6, 6.07) is 7.00. The van der Waals surface area contributed by atoms with E-state index in [0.717, 1.165) is 16.3 Å². The van der Waals surface area contributed by atoms with Gasteiger partial charge in [0.15, 0.2) is 5.76 Å². The third-order valence-electron chi connectivity index (χ3n) is 3.42. The maximum absolute atomic E-state index is 11.9. The molecular weight excluding hydrogens is 340 g/mol. The van der Waals surface area contributed by atoms with Crippen LogP contribution >= 0.6 is 11.3 Å². The number of hydrogen-bond donors (Lipinski definition) is 2. The highest BCUT2D eigenvalue weighted by Crippen LogP contribution is 2.23. The van der Waals surface area contributed by atoms with Crippen LogP contribution in [0.4, 0.5) is 4.79 Å². The summed E-state index contributed by atoms with van der Waals surface area (Å²) < 4.78 is 10.8. The molecule has 0 unspecified atom stereocenters. The Kier molecular flexibility index (Phi) is 5.30. The van der Waals surface area contributed by atoms with Gasteiger partial charge in [0.1, 0.15) is 11.5 Å². The molecule has 0 fully saturated rings. The van der Waals surface area contributed by atoms with Gasteiger partial charge < -0.3 is 19.8 Å². The van der Waals surface area contributed by atoms with Crippen molar-refractivity contribution in [3.05, 3.63) is 52.2 Å². The van der Waals surface area contributed by atoms with Gasteiger partial charge in [0.2, 0.25) is 5.88 Å². The van der Waals surface area contributed by atoms with Crippen LogP contribution in [-0.4, -0.2) is 23.1 Å². The first-order valence-corrected chi connectivity index (χ1v) is 8.54. The minimum Gasteiger partial charge on any atom is -0.481 e. The minimum atomic E-state index is -0.279. The molecule has 2 N–H and O–H groups in total. The van der Waals surface area contributed by atoms with Crippen molar-refractivity contribution in [2.45, 2.75) is 20.0 Å². The number of thiazole rings is 1. The third-order valence-corrected chi connectivity index (χ3v) is 4.19. The van der Waals surface area contributed by atoms with E-state index >= 15 is 0 Å². The Morgan fingerprint density at radius 1 is 1.28 bits per heavy atom. The van der Waals surface area contributed by atoms with Crippen LogP contribution in [-0.2, 0) is 13.1 Å². The Hall–Kier alpha value is -2.87. The number of rotatable bonds is 6. The molecule has 7 nitrogen and oxygen atoms in total. The number of ether oxygens (including phenoxy) is 1. The predicted octanol–water partition coefficient (Wildman–Crippen LogP) is 3.11. The van der Waals surface area contributed by atoms with Crippen molar-refractivity contribution < 1.29 is 13.9 Å². The number of methoxy groups -OCH3 is 1. The second-order valence-electron chi connectivity index (χ2n) is 5.26. The number of furan rings is 1. The molecule has 8 heteroatoms. The van der Waals surface area contributed by atoms with Gasteiger partial charge in [0, 0.05) is 24.2 Å². The molecule has 0 bridgehead atoms. The van der Waals surface area contributed by atoms with Crippen molar-refractivity contribution in [3.8, 4) is 17.3 Å². The maximum Gasteiger partial charge on any atom is 0.315 e. The number of amides is 2. The quantitative estimate of drug-likeness (QED) is 0.707. The fourth-order valence-corrected chi connectivity index (χ4v) is 2.77. The summed E-state index contributed by atoms with van der Waals surface area (Å²) in [5.41, 5.74) is 1.71. The van der Waals surface area contributed by atoms with Gasteiger partial charge >= 0.3 is 6.03 Å². The highest BCUT2D eigenvalue weighted by Gasteiger charge is 2.09. The SMILES string of the molecule is COc1cc(CNC(=O)NCc2ccc(-c3csc(C)n3)o2)ccn1. The van der Waals surface area contributed by atoms with E-state index in [4.69, 9.17) is 9.15 Å². The molecule has 0 saturated carbocycles. The summed E-state index contributed by atoms with van der Waals surface area (Å²) in [4.78, 5) is 20.3. The first-order chi connectivity index (χ1) is 12.1. The molecule has 3 aromatic heterocycles. The molecule has 3 rings (SSSR count). The Morgan fingerprint density at radius 2 is 2.12 bits per heavy atom.